The van der Waals surface area contributed by atoms with Crippen LogP contribution in [0.3, 0.4) is 0 Å². The minimum absolute atomic E-state index is 0.0164. The van der Waals surface area contributed by atoms with Gasteiger partial charge in [0.25, 0.3) is 0 Å². The van der Waals surface area contributed by atoms with Crippen LogP contribution in [0, 0.1) is 0 Å². The van der Waals surface area contributed by atoms with Gasteiger partial charge >= 0.3 is 0 Å². The van der Waals surface area contributed by atoms with E-state index in [1.165, 1.54) is 0 Å². The van der Waals surface area contributed by atoms with Crippen molar-refractivity contribution < 1.29 is 9.59 Å². The lowest BCUT2D eigenvalue weighted by molar-refractivity contribution is -0.141. The highest BCUT2D eigenvalue weighted by atomic mass is 16.2. The molecule has 5 heteroatoms. The molecule has 1 aromatic heterocycles. The summed E-state index contributed by atoms with van der Waals surface area (Å²) in [5, 5.41) is 2.94. The summed E-state index contributed by atoms with van der Waals surface area (Å²) in [6, 6.07) is 3.76. The van der Waals surface area contributed by atoms with Gasteiger partial charge in [-0.2, -0.15) is 0 Å². The Morgan fingerprint density at radius 2 is 1.90 bits per heavy atom. The Morgan fingerprint density at radius 1 is 1.29 bits per heavy atom. The van der Waals surface area contributed by atoms with Gasteiger partial charge in [-0.05, 0) is 37.5 Å². The molecule has 1 atom stereocenters. The molecule has 114 valence electrons. The Kier molecular flexibility index (Phi) is 4.60. The minimum Gasteiger partial charge on any atom is -0.342 e. The van der Waals surface area contributed by atoms with Gasteiger partial charge in [-0.3, -0.25) is 14.6 Å². The highest BCUT2D eigenvalue weighted by Crippen LogP contribution is 2.28. The van der Waals surface area contributed by atoms with Crippen molar-refractivity contribution in [2.75, 3.05) is 6.54 Å². The van der Waals surface area contributed by atoms with Gasteiger partial charge in [-0.25, -0.2) is 0 Å². The molecule has 5 nitrogen and oxygen atoms in total. The SMILES string of the molecule is CCC1(CC)NC(=O)CCN(C(C)c2ccncc2)C1=O. The summed E-state index contributed by atoms with van der Waals surface area (Å²) >= 11 is 0. The maximum atomic E-state index is 13.0. The Bertz CT molecular complexity index is 512. The summed E-state index contributed by atoms with van der Waals surface area (Å²) in [5.41, 5.74) is 0.267. The van der Waals surface area contributed by atoms with E-state index in [0.29, 0.717) is 25.8 Å². The van der Waals surface area contributed by atoms with Gasteiger partial charge in [-0.1, -0.05) is 13.8 Å². The van der Waals surface area contributed by atoms with Gasteiger partial charge in [-0.15, -0.1) is 0 Å². The molecular formula is C16H23N3O2. The van der Waals surface area contributed by atoms with Gasteiger partial charge in [0.15, 0.2) is 0 Å². The molecule has 2 heterocycles. The fraction of sp³-hybridized carbons (Fsp3) is 0.562. The number of hydrogen-bond acceptors (Lipinski definition) is 3. The van der Waals surface area contributed by atoms with E-state index in [4.69, 9.17) is 0 Å². The topological polar surface area (TPSA) is 62.3 Å². The molecule has 1 fully saturated rings. The lowest BCUT2D eigenvalue weighted by Crippen LogP contribution is -2.56. The van der Waals surface area contributed by atoms with Crippen LogP contribution in [0.5, 0.6) is 0 Å². The van der Waals surface area contributed by atoms with E-state index in [9.17, 15) is 9.59 Å². The van der Waals surface area contributed by atoms with Crippen LogP contribution in [-0.2, 0) is 9.59 Å². The molecule has 2 amide bonds. The summed E-state index contributed by atoms with van der Waals surface area (Å²) in [6.45, 7) is 6.35. The quantitative estimate of drug-likeness (QED) is 0.922. The fourth-order valence-corrected chi connectivity index (χ4v) is 2.90. The average molecular weight is 289 g/mol. The lowest BCUT2D eigenvalue weighted by atomic mass is 9.90. The monoisotopic (exact) mass is 289 g/mol. The first kappa shape index (κ1) is 15.5. The van der Waals surface area contributed by atoms with Crippen LogP contribution in [-0.4, -0.2) is 33.8 Å². The Labute approximate surface area is 125 Å². The lowest BCUT2D eigenvalue weighted by Gasteiger charge is -2.36. The second-order valence-corrected chi connectivity index (χ2v) is 5.54. The highest BCUT2D eigenvalue weighted by molar-refractivity contribution is 5.93. The fourth-order valence-electron chi connectivity index (χ4n) is 2.90. The molecule has 1 aromatic rings. The molecule has 1 aliphatic rings. The first-order chi connectivity index (χ1) is 10.0. The third kappa shape index (κ3) is 2.91. The Hall–Kier alpha value is -1.91. The largest absolute Gasteiger partial charge is 0.342 e. The zero-order valence-electron chi connectivity index (χ0n) is 12.9. The minimum atomic E-state index is -0.769. The summed E-state index contributed by atoms with van der Waals surface area (Å²) in [4.78, 5) is 30.8. The molecule has 0 aliphatic carbocycles. The maximum absolute atomic E-state index is 13.0. The van der Waals surface area contributed by atoms with E-state index < -0.39 is 5.54 Å². The van der Waals surface area contributed by atoms with Crippen molar-refractivity contribution in [1.82, 2.24) is 15.2 Å². The summed E-state index contributed by atoms with van der Waals surface area (Å²) in [7, 11) is 0. The van der Waals surface area contributed by atoms with Gasteiger partial charge in [0.05, 0.1) is 6.04 Å². The first-order valence-corrected chi connectivity index (χ1v) is 7.56. The number of pyridine rings is 1. The van der Waals surface area contributed by atoms with Crippen LogP contribution in [0.1, 0.15) is 51.6 Å². The maximum Gasteiger partial charge on any atom is 0.248 e. The number of carbonyl (C=O) groups is 2. The molecule has 0 bridgehead atoms. The normalized spacial score (nSPS) is 19.9. The predicted molar refractivity (Wildman–Crippen MR) is 80.4 cm³/mol. The number of rotatable bonds is 4. The van der Waals surface area contributed by atoms with Crippen LogP contribution in [0.4, 0.5) is 0 Å². The molecular weight excluding hydrogens is 266 g/mol. The standard InChI is InChI=1S/C16H23N3O2/c1-4-16(5-2)15(21)19(11-8-14(20)18-16)12(3)13-6-9-17-10-7-13/h6-7,9-10,12H,4-5,8,11H2,1-3H3,(H,18,20). The van der Waals surface area contributed by atoms with E-state index >= 15 is 0 Å². The zero-order chi connectivity index (χ0) is 15.5. The van der Waals surface area contributed by atoms with Crippen molar-refractivity contribution in [2.24, 2.45) is 0 Å². The number of nitrogens with zero attached hydrogens (tertiary/aromatic N) is 2. The number of aromatic nitrogens is 1. The Balaban J connectivity index is 2.34. The van der Waals surface area contributed by atoms with E-state index in [0.717, 1.165) is 5.56 Å². The highest BCUT2D eigenvalue weighted by Gasteiger charge is 2.43. The van der Waals surface area contributed by atoms with E-state index in [-0.39, 0.29) is 17.9 Å². The van der Waals surface area contributed by atoms with E-state index in [1.54, 1.807) is 12.4 Å². The summed E-state index contributed by atoms with van der Waals surface area (Å²) in [5.74, 6) is -0.0286. The summed E-state index contributed by atoms with van der Waals surface area (Å²) < 4.78 is 0. The predicted octanol–water partition coefficient (Wildman–Crippen LogP) is 2.05. The molecule has 0 saturated carbocycles. The number of nitrogens with one attached hydrogen (secondary N) is 1. The molecule has 2 rings (SSSR count). The van der Waals surface area contributed by atoms with Crippen LogP contribution in [0.25, 0.3) is 0 Å². The van der Waals surface area contributed by atoms with Crippen molar-refractivity contribution in [3.05, 3.63) is 30.1 Å². The number of hydrogen-bond donors (Lipinski definition) is 1. The van der Waals surface area contributed by atoms with E-state index in [2.05, 4.69) is 10.3 Å². The molecule has 0 aromatic carbocycles. The molecule has 1 saturated heterocycles. The van der Waals surface area contributed by atoms with Crippen LogP contribution in [0.15, 0.2) is 24.5 Å². The molecule has 21 heavy (non-hydrogen) atoms. The van der Waals surface area contributed by atoms with Crippen LogP contribution < -0.4 is 5.32 Å². The Morgan fingerprint density at radius 3 is 2.48 bits per heavy atom. The smallest absolute Gasteiger partial charge is 0.248 e. The number of carbonyl (C=O) groups excluding carboxylic acids is 2. The third-order valence-electron chi connectivity index (χ3n) is 4.49. The van der Waals surface area contributed by atoms with Crippen LogP contribution >= 0.6 is 0 Å². The molecule has 1 aliphatic heterocycles. The molecule has 0 radical (unpaired) electrons. The first-order valence-electron chi connectivity index (χ1n) is 7.56. The van der Waals surface area contributed by atoms with Crippen LogP contribution in [0.2, 0.25) is 0 Å². The van der Waals surface area contributed by atoms with Crippen molar-refractivity contribution in [3.63, 3.8) is 0 Å². The van der Waals surface area contributed by atoms with Crippen molar-refractivity contribution in [3.8, 4) is 0 Å². The van der Waals surface area contributed by atoms with E-state index in [1.807, 2.05) is 37.8 Å². The van der Waals surface area contributed by atoms with Gasteiger partial charge < -0.3 is 10.2 Å². The van der Waals surface area contributed by atoms with Crippen molar-refractivity contribution >= 4 is 11.8 Å². The van der Waals surface area contributed by atoms with Gasteiger partial charge in [0, 0.05) is 25.4 Å². The average Bonchev–Trinajstić information content (AvgIpc) is 2.65. The second kappa shape index (κ2) is 6.24. The molecule has 0 spiro atoms. The number of amides is 2. The van der Waals surface area contributed by atoms with Gasteiger partial charge in [0.2, 0.25) is 11.8 Å². The summed E-state index contributed by atoms with van der Waals surface area (Å²) in [6.07, 6.45) is 5.01. The van der Waals surface area contributed by atoms with Crippen molar-refractivity contribution in [2.45, 2.75) is 51.6 Å². The second-order valence-electron chi connectivity index (χ2n) is 5.54. The van der Waals surface area contributed by atoms with Gasteiger partial charge in [0.1, 0.15) is 5.54 Å². The third-order valence-corrected chi connectivity index (χ3v) is 4.49. The zero-order valence-corrected chi connectivity index (χ0v) is 12.9. The van der Waals surface area contributed by atoms with Crippen molar-refractivity contribution in [1.29, 1.82) is 0 Å². The molecule has 1 unspecified atom stereocenters. The molecule has 1 N–H and O–H groups in total.